The second kappa shape index (κ2) is 5.75. The first-order valence-electron chi connectivity index (χ1n) is 6.12. The van der Waals surface area contributed by atoms with E-state index in [4.69, 9.17) is 4.84 Å². The highest BCUT2D eigenvalue weighted by Gasteiger charge is 2.48. The average molecular weight is 245 g/mol. The Kier molecular flexibility index (Phi) is 4.85. The number of hydroxylamine groups is 1. The normalized spacial score (nSPS) is 29.9. The summed E-state index contributed by atoms with van der Waals surface area (Å²) < 4.78 is 0. The number of rotatable bonds is 5. The minimum absolute atomic E-state index is 0.0307. The summed E-state index contributed by atoms with van der Waals surface area (Å²) in [6.07, 6.45) is 0.497. The molecule has 0 bridgehead atoms. The summed E-state index contributed by atoms with van der Waals surface area (Å²) in [7, 11) is 0. The molecule has 0 spiro atoms. The SMILES string of the molecule is CC(C)NCC1([N+](=O)[O-])CONC(C(C)C)C1. The predicted molar refractivity (Wildman–Crippen MR) is 65.2 cm³/mol. The molecule has 1 saturated heterocycles. The summed E-state index contributed by atoms with van der Waals surface area (Å²) in [5.41, 5.74) is 1.87. The first-order valence-corrected chi connectivity index (χ1v) is 6.12. The molecule has 1 aliphatic rings. The van der Waals surface area contributed by atoms with E-state index in [-0.39, 0.29) is 23.6 Å². The van der Waals surface area contributed by atoms with Gasteiger partial charge in [-0.05, 0) is 5.92 Å². The van der Waals surface area contributed by atoms with Crippen molar-refractivity contribution in [1.82, 2.24) is 10.8 Å². The zero-order chi connectivity index (χ0) is 13.1. The molecule has 0 saturated carbocycles. The molecule has 6 heteroatoms. The van der Waals surface area contributed by atoms with E-state index in [1.807, 2.05) is 27.7 Å². The first kappa shape index (κ1) is 14.3. The van der Waals surface area contributed by atoms with E-state index in [1.54, 1.807) is 0 Å². The second-order valence-electron chi connectivity index (χ2n) is 5.48. The Morgan fingerprint density at radius 2 is 2.18 bits per heavy atom. The van der Waals surface area contributed by atoms with Gasteiger partial charge in [-0.25, -0.2) is 0 Å². The zero-order valence-electron chi connectivity index (χ0n) is 11.0. The molecule has 2 atom stereocenters. The number of nitrogens with zero attached hydrogens (tertiary/aromatic N) is 1. The van der Waals surface area contributed by atoms with Gasteiger partial charge in [0.25, 0.3) is 5.54 Å². The lowest BCUT2D eigenvalue weighted by molar-refractivity contribution is -0.581. The molecular weight excluding hydrogens is 222 g/mol. The topological polar surface area (TPSA) is 76.4 Å². The Morgan fingerprint density at radius 3 is 2.65 bits per heavy atom. The lowest BCUT2D eigenvalue weighted by Gasteiger charge is -2.36. The number of hydrogen-bond donors (Lipinski definition) is 2. The van der Waals surface area contributed by atoms with Crippen LogP contribution in [0.15, 0.2) is 0 Å². The van der Waals surface area contributed by atoms with E-state index >= 15 is 0 Å². The predicted octanol–water partition coefficient (Wildman–Crippen LogP) is 0.949. The Bertz CT molecular complexity index is 271. The molecule has 1 aliphatic heterocycles. The van der Waals surface area contributed by atoms with E-state index in [9.17, 15) is 10.1 Å². The molecule has 0 aromatic rings. The van der Waals surface area contributed by atoms with E-state index in [0.717, 1.165) is 0 Å². The number of nitro groups is 1. The maximum atomic E-state index is 11.3. The third-order valence-corrected chi connectivity index (χ3v) is 3.21. The molecule has 0 aromatic heterocycles. The van der Waals surface area contributed by atoms with Gasteiger partial charge < -0.3 is 5.32 Å². The van der Waals surface area contributed by atoms with Gasteiger partial charge in [-0.15, -0.1) is 0 Å². The Balaban J connectivity index is 2.73. The van der Waals surface area contributed by atoms with Crippen molar-refractivity contribution in [3.05, 3.63) is 10.1 Å². The third-order valence-electron chi connectivity index (χ3n) is 3.21. The molecule has 1 rings (SSSR count). The van der Waals surface area contributed by atoms with Gasteiger partial charge in [0.1, 0.15) is 6.61 Å². The van der Waals surface area contributed by atoms with Crippen LogP contribution < -0.4 is 10.8 Å². The fraction of sp³-hybridized carbons (Fsp3) is 1.00. The van der Waals surface area contributed by atoms with Crippen molar-refractivity contribution in [2.75, 3.05) is 13.2 Å². The van der Waals surface area contributed by atoms with E-state index in [0.29, 0.717) is 18.9 Å². The van der Waals surface area contributed by atoms with Crippen LogP contribution in [0.4, 0.5) is 0 Å². The monoisotopic (exact) mass is 245 g/mol. The van der Waals surface area contributed by atoms with E-state index < -0.39 is 5.54 Å². The van der Waals surface area contributed by atoms with Crippen molar-refractivity contribution in [1.29, 1.82) is 0 Å². The van der Waals surface area contributed by atoms with Crippen LogP contribution in [-0.4, -0.2) is 35.7 Å². The van der Waals surface area contributed by atoms with Gasteiger partial charge in [-0.3, -0.25) is 15.0 Å². The van der Waals surface area contributed by atoms with Gasteiger partial charge in [0.2, 0.25) is 0 Å². The highest BCUT2D eigenvalue weighted by molar-refractivity contribution is 4.90. The number of nitrogens with one attached hydrogen (secondary N) is 2. The lowest BCUT2D eigenvalue weighted by Crippen LogP contribution is -2.61. The fourth-order valence-corrected chi connectivity index (χ4v) is 1.87. The maximum absolute atomic E-state index is 11.3. The van der Waals surface area contributed by atoms with Crippen molar-refractivity contribution in [3.8, 4) is 0 Å². The molecule has 1 fully saturated rings. The Labute approximate surface area is 102 Å². The van der Waals surface area contributed by atoms with Crippen LogP contribution in [0.25, 0.3) is 0 Å². The van der Waals surface area contributed by atoms with E-state index in [1.165, 1.54) is 0 Å². The molecule has 2 N–H and O–H groups in total. The molecule has 6 nitrogen and oxygen atoms in total. The van der Waals surface area contributed by atoms with E-state index in [2.05, 4.69) is 10.8 Å². The summed E-state index contributed by atoms with van der Waals surface area (Å²) in [6.45, 7) is 8.50. The summed E-state index contributed by atoms with van der Waals surface area (Å²) >= 11 is 0. The zero-order valence-corrected chi connectivity index (χ0v) is 11.0. The first-order chi connectivity index (χ1) is 7.87. The molecule has 2 unspecified atom stereocenters. The minimum atomic E-state index is -1.01. The smallest absolute Gasteiger partial charge is 0.260 e. The van der Waals surface area contributed by atoms with Gasteiger partial charge >= 0.3 is 0 Å². The van der Waals surface area contributed by atoms with Crippen LogP contribution in [0.3, 0.4) is 0 Å². The summed E-state index contributed by atoms with van der Waals surface area (Å²) in [4.78, 5) is 16.3. The molecule has 100 valence electrons. The van der Waals surface area contributed by atoms with Crippen LogP contribution >= 0.6 is 0 Å². The Morgan fingerprint density at radius 1 is 1.53 bits per heavy atom. The van der Waals surface area contributed by atoms with Crippen molar-refractivity contribution >= 4 is 0 Å². The summed E-state index contributed by atoms with van der Waals surface area (Å²) in [5.74, 6) is 0.314. The third kappa shape index (κ3) is 3.62. The molecule has 0 radical (unpaired) electrons. The van der Waals surface area contributed by atoms with Crippen LogP contribution in [0, 0.1) is 16.0 Å². The van der Waals surface area contributed by atoms with Crippen LogP contribution in [-0.2, 0) is 4.84 Å². The van der Waals surface area contributed by atoms with Gasteiger partial charge in [-0.2, -0.15) is 5.48 Å². The molecule has 0 aliphatic carbocycles. The summed E-state index contributed by atoms with van der Waals surface area (Å²) in [6, 6.07) is 0.266. The molecule has 0 amide bonds. The van der Waals surface area contributed by atoms with Gasteiger partial charge in [0, 0.05) is 23.4 Å². The van der Waals surface area contributed by atoms with Crippen LogP contribution in [0.1, 0.15) is 34.1 Å². The highest BCUT2D eigenvalue weighted by Crippen LogP contribution is 2.25. The van der Waals surface area contributed by atoms with Crippen LogP contribution in [0.2, 0.25) is 0 Å². The van der Waals surface area contributed by atoms with Gasteiger partial charge in [-0.1, -0.05) is 27.7 Å². The lowest BCUT2D eigenvalue weighted by atomic mass is 9.86. The van der Waals surface area contributed by atoms with Crippen molar-refractivity contribution in [3.63, 3.8) is 0 Å². The largest absolute Gasteiger partial charge is 0.308 e. The van der Waals surface area contributed by atoms with Crippen LogP contribution in [0.5, 0.6) is 0 Å². The van der Waals surface area contributed by atoms with Crippen molar-refractivity contribution < 1.29 is 9.76 Å². The van der Waals surface area contributed by atoms with Crippen molar-refractivity contribution in [2.24, 2.45) is 5.92 Å². The Hall–Kier alpha value is -0.720. The number of hydrogen-bond acceptors (Lipinski definition) is 5. The standard InChI is InChI=1S/C11H23N3O3/c1-8(2)10-5-11(14(15)16,7-17-13-10)6-12-9(3)4/h8-10,12-13H,5-7H2,1-4H3. The van der Waals surface area contributed by atoms with Crippen molar-refractivity contribution in [2.45, 2.75) is 51.7 Å². The molecule has 0 aromatic carbocycles. The quantitative estimate of drug-likeness (QED) is 0.557. The molecule has 17 heavy (non-hydrogen) atoms. The second-order valence-corrected chi connectivity index (χ2v) is 5.48. The van der Waals surface area contributed by atoms with Gasteiger partial charge in [0.05, 0.1) is 6.54 Å². The minimum Gasteiger partial charge on any atom is -0.308 e. The molecular formula is C11H23N3O3. The maximum Gasteiger partial charge on any atom is 0.260 e. The summed E-state index contributed by atoms with van der Waals surface area (Å²) in [5, 5.41) is 14.5. The van der Waals surface area contributed by atoms with Gasteiger partial charge in [0.15, 0.2) is 0 Å². The molecule has 1 heterocycles. The fourth-order valence-electron chi connectivity index (χ4n) is 1.87. The highest BCUT2D eigenvalue weighted by atomic mass is 16.7. The average Bonchev–Trinajstić information content (AvgIpc) is 2.26.